The van der Waals surface area contributed by atoms with Crippen molar-refractivity contribution in [2.24, 2.45) is 0 Å². The Balaban J connectivity index is 1.72. The second-order valence-electron chi connectivity index (χ2n) is 8.86. The van der Waals surface area contributed by atoms with Crippen molar-refractivity contribution in [3.05, 3.63) is 59.4 Å². The Bertz CT molecular complexity index is 1390. The van der Waals surface area contributed by atoms with Gasteiger partial charge in [-0.15, -0.1) is 0 Å². The van der Waals surface area contributed by atoms with E-state index >= 15 is 0 Å². The molecule has 0 radical (unpaired) electrons. The van der Waals surface area contributed by atoms with E-state index in [2.05, 4.69) is 10.3 Å². The number of pyridine rings is 1. The van der Waals surface area contributed by atoms with Gasteiger partial charge in [-0.25, -0.2) is 14.5 Å². The highest BCUT2D eigenvalue weighted by Gasteiger charge is 2.38. The van der Waals surface area contributed by atoms with Crippen LogP contribution in [0.15, 0.2) is 48.8 Å². The molecular formula is C28H32ClN5O4. The number of methoxy groups -OCH3 is 1. The lowest BCUT2D eigenvalue weighted by atomic mass is 10.0. The van der Waals surface area contributed by atoms with Crippen molar-refractivity contribution >= 4 is 23.1 Å². The first kappa shape index (κ1) is 26.4. The summed E-state index contributed by atoms with van der Waals surface area (Å²) in [5, 5.41) is 8.80. The number of hydrogen-bond donors (Lipinski definition) is 1. The molecule has 10 heteroatoms. The molecule has 9 nitrogen and oxygen atoms in total. The van der Waals surface area contributed by atoms with Gasteiger partial charge in [0.1, 0.15) is 11.4 Å². The second kappa shape index (κ2) is 11.2. The number of ether oxygens (including phenoxy) is 4. The number of hydrogen-bond acceptors (Lipinski definition) is 8. The monoisotopic (exact) mass is 537 g/mol. The quantitative estimate of drug-likeness (QED) is 0.223. The molecule has 1 fully saturated rings. The van der Waals surface area contributed by atoms with Gasteiger partial charge in [0.05, 0.1) is 34.5 Å². The van der Waals surface area contributed by atoms with E-state index in [1.165, 1.54) is 0 Å². The highest BCUT2D eigenvalue weighted by atomic mass is 35.5. The number of halogens is 1. The lowest BCUT2D eigenvalue weighted by Gasteiger charge is -2.33. The van der Waals surface area contributed by atoms with Crippen molar-refractivity contribution in [3.8, 4) is 28.3 Å². The first-order chi connectivity index (χ1) is 18.5. The van der Waals surface area contributed by atoms with E-state index in [-0.39, 0.29) is 0 Å². The molecule has 38 heavy (non-hydrogen) atoms. The van der Waals surface area contributed by atoms with Gasteiger partial charge >= 0.3 is 5.97 Å². The Kier molecular flexibility index (Phi) is 7.80. The van der Waals surface area contributed by atoms with Gasteiger partial charge in [-0.1, -0.05) is 11.6 Å². The van der Waals surface area contributed by atoms with E-state index in [9.17, 15) is 0 Å². The maximum Gasteiger partial charge on any atom is 0.315 e. The minimum atomic E-state index is -1.45. The molecule has 4 aromatic rings. The van der Waals surface area contributed by atoms with Crippen molar-refractivity contribution in [2.45, 2.75) is 45.6 Å². The minimum absolute atomic E-state index is 0.369. The van der Waals surface area contributed by atoms with Crippen LogP contribution in [-0.2, 0) is 20.2 Å². The van der Waals surface area contributed by atoms with Crippen LogP contribution in [0.2, 0.25) is 5.02 Å². The van der Waals surface area contributed by atoms with Crippen LogP contribution in [0.25, 0.3) is 28.0 Å². The van der Waals surface area contributed by atoms with Crippen molar-refractivity contribution in [2.75, 3.05) is 32.2 Å². The molecule has 0 saturated heterocycles. The number of nitrogens with one attached hydrogen (secondary N) is 1. The van der Waals surface area contributed by atoms with Crippen LogP contribution in [0.5, 0.6) is 5.75 Å². The topological polar surface area (TPSA) is 92.0 Å². The summed E-state index contributed by atoms with van der Waals surface area (Å²) in [5.41, 5.74) is 4.53. The molecular weight excluding hydrogens is 506 g/mol. The molecule has 1 aromatic carbocycles. The first-order valence-corrected chi connectivity index (χ1v) is 13.3. The van der Waals surface area contributed by atoms with Crippen LogP contribution >= 0.6 is 11.6 Å². The molecule has 1 aliphatic rings. The predicted molar refractivity (Wildman–Crippen MR) is 146 cm³/mol. The third kappa shape index (κ3) is 5.19. The summed E-state index contributed by atoms with van der Waals surface area (Å²) in [7, 11) is 1.64. The van der Waals surface area contributed by atoms with E-state index in [1.807, 2.05) is 57.2 Å². The van der Waals surface area contributed by atoms with Gasteiger partial charge in [0, 0.05) is 43.8 Å². The van der Waals surface area contributed by atoms with Crippen LogP contribution < -0.4 is 10.1 Å². The summed E-state index contributed by atoms with van der Waals surface area (Å²) in [6.07, 6.45) is 5.82. The SMILES string of the molecule is CCOC(OCC)(OCC)c1cn2nc(-c3ccc(OC)cc3)c(-c3ccnc(NC4CC4)n3)c2cc1Cl. The third-order valence-corrected chi connectivity index (χ3v) is 6.55. The fourth-order valence-corrected chi connectivity index (χ4v) is 4.67. The van der Waals surface area contributed by atoms with Gasteiger partial charge in [0.15, 0.2) is 0 Å². The summed E-state index contributed by atoms with van der Waals surface area (Å²) in [6, 6.07) is 11.9. The summed E-state index contributed by atoms with van der Waals surface area (Å²) in [6.45, 7) is 6.76. The van der Waals surface area contributed by atoms with Gasteiger partial charge in [0.25, 0.3) is 0 Å². The van der Waals surface area contributed by atoms with Crippen molar-refractivity contribution in [1.29, 1.82) is 0 Å². The smallest absolute Gasteiger partial charge is 0.315 e. The number of nitrogens with zero attached hydrogens (tertiary/aromatic N) is 4. The highest BCUT2D eigenvalue weighted by Crippen LogP contribution is 2.40. The van der Waals surface area contributed by atoms with Gasteiger partial charge in [-0.3, -0.25) is 0 Å². The number of rotatable bonds is 12. The summed E-state index contributed by atoms with van der Waals surface area (Å²) in [4.78, 5) is 9.26. The van der Waals surface area contributed by atoms with E-state index in [0.717, 1.165) is 46.6 Å². The van der Waals surface area contributed by atoms with E-state index in [0.29, 0.717) is 42.4 Å². The zero-order chi connectivity index (χ0) is 26.7. The van der Waals surface area contributed by atoms with E-state index < -0.39 is 5.97 Å². The van der Waals surface area contributed by atoms with Crippen LogP contribution in [-0.4, -0.2) is 52.6 Å². The van der Waals surface area contributed by atoms with Crippen LogP contribution in [0.4, 0.5) is 5.95 Å². The van der Waals surface area contributed by atoms with Gasteiger partial charge < -0.3 is 24.3 Å². The molecule has 3 heterocycles. The van der Waals surface area contributed by atoms with Gasteiger partial charge in [0.2, 0.25) is 5.95 Å². The molecule has 0 bridgehead atoms. The zero-order valence-electron chi connectivity index (χ0n) is 22.0. The van der Waals surface area contributed by atoms with E-state index in [1.54, 1.807) is 24.0 Å². The highest BCUT2D eigenvalue weighted by molar-refractivity contribution is 6.32. The Morgan fingerprint density at radius 2 is 1.71 bits per heavy atom. The molecule has 0 aliphatic heterocycles. The van der Waals surface area contributed by atoms with Crippen LogP contribution in [0.1, 0.15) is 39.2 Å². The van der Waals surface area contributed by atoms with Crippen molar-refractivity contribution in [1.82, 2.24) is 19.6 Å². The molecule has 5 rings (SSSR count). The number of aromatic nitrogens is 4. The Labute approximate surface area is 227 Å². The molecule has 0 unspecified atom stereocenters. The second-order valence-corrected chi connectivity index (χ2v) is 9.26. The Hall–Kier alpha value is -3.24. The number of fused-ring (bicyclic) bond motifs is 1. The van der Waals surface area contributed by atoms with Crippen LogP contribution in [0.3, 0.4) is 0 Å². The summed E-state index contributed by atoms with van der Waals surface area (Å²) < 4.78 is 25.1. The average molecular weight is 538 g/mol. The molecule has 3 aromatic heterocycles. The lowest BCUT2D eigenvalue weighted by Crippen LogP contribution is -2.37. The average Bonchev–Trinajstić information content (AvgIpc) is 3.66. The lowest BCUT2D eigenvalue weighted by molar-refractivity contribution is -0.389. The normalized spacial score (nSPS) is 13.7. The van der Waals surface area contributed by atoms with Crippen molar-refractivity contribution in [3.63, 3.8) is 0 Å². The summed E-state index contributed by atoms with van der Waals surface area (Å²) in [5.74, 6) is -0.0975. The van der Waals surface area contributed by atoms with E-state index in [4.69, 9.17) is 40.6 Å². The van der Waals surface area contributed by atoms with Crippen molar-refractivity contribution < 1.29 is 18.9 Å². The number of benzene rings is 1. The molecule has 1 aliphatic carbocycles. The molecule has 1 saturated carbocycles. The molecule has 200 valence electrons. The molecule has 0 spiro atoms. The fourth-order valence-electron chi connectivity index (χ4n) is 4.40. The standard InChI is InChI=1S/C28H32ClN5O4/c1-5-36-28(37-6-2,38-7-3)21-17-34-24(16-22(21)29)25(23-14-15-30-27(32-23)31-19-10-11-19)26(33-34)18-8-12-20(35-4)13-9-18/h8-9,12-17,19H,5-7,10-11H2,1-4H3,(H,30,31,32). The van der Waals surface area contributed by atoms with Gasteiger partial charge in [-0.2, -0.15) is 5.10 Å². The van der Waals surface area contributed by atoms with Crippen LogP contribution in [0, 0.1) is 0 Å². The minimum Gasteiger partial charge on any atom is -0.497 e. The Morgan fingerprint density at radius 3 is 2.32 bits per heavy atom. The molecule has 0 amide bonds. The maximum atomic E-state index is 6.91. The third-order valence-electron chi connectivity index (χ3n) is 6.24. The Morgan fingerprint density at radius 1 is 1.03 bits per heavy atom. The first-order valence-electron chi connectivity index (χ1n) is 12.9. The van der Waals surface area contributed by atoms with Gasteiger partial charge in [-0.05, 0) is 70.0 Å². The largest absolute Gasteiger partial charge is 0.497 e. The molecule has 1 N–H and O–H groups in total. The molecule has 0 atom stereocenters. The fraction of sp³-hybridized carbons (Fsp3) is 0.393. The zero-order valence-corrected chi connectivity index (χ0v) is 22.8. The number of anilines is 1. The predicted octanol–water partition coefficient (Wildman–Crippen LogP) is 5.91. The maximum absolute atomic E-state index is 6.91. The summed E-state index contributed by atoms with van der Waals surface area (Å²) >= 11 is 6.91.